The molecule has 1 atom stereocenters. The minimum atomic E-state index is -1.68. The number of amides is 2. The number of benzene rings is 1. The molecule has 4 N–H and O–H groups in total. The van der Waals surface area contributed by atoms with Gasteiger partial charge in [0.2, 0.25) is 5.91 Å². The van der Waals surface area contributed by atoms with Gasteiger partial charge in [-0.15, -0.1) is 0 Å². The number of carbonyl (C=O) groups is 2. The predicted octanol–water partition coefficient (Wildman–Crippen LogP) is 0.621. The molecule has 0 fully saturated rings. The molecular weight excluding hydrogens is 308 g/mol. The SMILES string of the molecule is CNC(=O)CC(C)(C)CNC(=O)[C@@](O)(CCO)Cc1ccccc1. The van der Waals surface area contributed by atoms with Crippen LogP contribution in [0.1, 0.15) is 32.3 Å². The van der Waals surface area contributed by atoms with Crippen molar-refractivity contribution in [3.05, 3.63) is 35.9 Å². The number of carbonyl (C=O) groups excluding carboxylic acids is 2. The van der Waals surface area contributed by atoms with Gasteiger partial charge in [-0.05, 0) is 11.0 Å². The fourth-order valence-corrected chi connectivity index (χ4v) is 2.47. The monoisotopic (exact) mass is 336 g/mol. The van der Waals surface area contributed by atoms with Crippen LogP contribution in [-0.4, -0.2) is 47.8 Å². The maximum atomic E-state index is 12.5. The third-order valence-corrected chi connectivity index (χ3v) is 3.93. The van der Waals surface area contributed by atoms with Crippen LogP contribution in [0.5, 0.6) is 0 Å². The molecule has 6 nitrogen and oxygen atoms in total. The first-order valence-corrected chi connectivity index (χ1v) is 8.08. The van der Waals surface area contributed by atoms with Crippen molar-refractivity contribution in [3.8, 4) is 0 Å². The Morgan fingerprint density at radius 2 is 1.79 bits per heavy atom. The average molecular weight is 336 g/mol. The molecule has 0 bridgehead atoms. The molecule has 24 heavy (non-hydrogen) atoms. The van der Waals surface area contributed by atoms with Gasteiger partial charge in [-0.3, -0.25) is 9.59 Å². The molecule has 0 saturated carbocycles. The molecule has 0 aromatic heterocycles. The van der Waals surface area contributed by atoms with Crippen LogP contribution in [0.4, 0.5) is 0 Å². The second kappa shape index (κ2) is 8.80. The maximum Gasteiger partial charge on any atom is 0.252 e. The van der Waals surface area contributed by atoms with Crippen molar-refractivity contribution in [1.82, 2.24) is 10.6 Å². The first-order valence-electron chi connectivity index (χ1n) is 8.08. The van der Waals surface area contributed by atoms with Crippen molar-refractivity contribution in [2.24, 2.45) is 5.41 Å². The summed E-state index contributed by atoms with van der Waals surface area (Å²) in [7, 11) is 1.57. The molecule has 0 radical (unpaired) electrons. The lowest BCUT2D eigenvalue weighted by molar-refractivity contribution is -0.142. The normalized spacial score (nSPS) is 13.9. The Morgan fingerprint density at radius 1 is 1.17 bits per heavy atom. The highest BCUT2D eigenvalue weighted by molar-refractivity contribution is 5.85. The topological polar surface area (TPSA) is 98.7 Å². The van der Waals surface area contributed by atoms with Gasteiger partial charge >= 0.3 is 0 Å². The lowest BCUT2D eigenvalue weighted by Gasteiger charge is -2.30. The van der Waals surface area contributed by atoms with Crippen LogP contribution in [0.15, 0.2) is 30.3 Å². The Morgan fingerprint density at radius 3 is 2.33 bits per heavy atom. The molecule has 1 rings (SSSR count). The molecule has 0 spiro atoms. The van der Waals surface area contributed by atoms with Gasteiger partial charge in [0, 0.05) is 39.5 Å². The van der Waals surface area contributed by atoms with Crippen LogP contribution < -0.4 is 10.6 Å². The van der Waals surface area contributed by atoms with Crippen molar-refractivity contribution in [3.63, 3.8) is 0 Å². The fourth-order valence-electron chi connectivity index (χ4n) is 2.47. The molecule has 134 valence electrons. The first-order chi connectivity index (χ1) is 11.2. The number of hydrogen-bond donors (Lipinski definition) is 4. The lowest BCUT2D eigenvalue weighted by Crippen LogP contribution is -2.51. The highest BCUT2D eigenvalue weighted by Gasteiger charge is 2.36. The highest BCUT2D eigenvalue weighted by Crippen LogP contribution is 2.21. The third-order valence-electron chi connectivity index (χ3n) is 3.93. The number of aliphatic hydroxyl groups is 2. The van der Waals surface area contributed by atoms with Gasteiger partial charge in [-0.2, -0.15) is 0 Å². The van der Waals surface area contributed by atoms with E-state index in [1.165, 1.54) is 0 Å². The van der Waals surface area contributed by atoms with Gasteiger partial charge in [0.15, 0.2) is 0 Å². The summed E-state index contributed by atoms with van der Waals surface area (Å²) >= 11 is 0. The molecule has 0 aliphatic heterocycles. The molecule has 0 aliphatic carbocycles. The second-order valence-corrected chi connectivity index (χ2v) is 6.86. The summed E-state index contributed by atoms with van der Waals surface area (Å²) in [6.45, 7) is 3.69. The van der Waals surface area contributed by atoms with Gasteiger partial charge in [0.05, 0.1) is 0 Å². The Bertz CT molecular complexity index is 545. The minimum absolute atomic E-state index is 0.0520. The van der Waals surface area contributed by atoms with Crippen LogP contribution in [0.2, 0.25) is 0 Å². The first kappa shape index (κ1) is 20.1. The average Bonchev–Trinajstić information content (AvgIpc) is 2.53. The quantitative estimate of drug-likeness (QED) is 0.531. The van der Waals surface area contributed by atoms with E-state index in [1.807, 2.05) is 44.2 Å². The van der Waals surface area contributed by atoms with Crippen molar-refractivity contribution < 1.29 is 19.8 Å². The maximum absolute atomic E-state index is 12.5. The van der Waals surface area contributed by atoms with E-state index in [9.17, 15) is 19.8 Å². The number of hydrogen-bond acceptors (Lipinski definition) is 4. The Kier molecular flexibility index (Phi) is 7.38. The summed E-state index contributed by atoms with van der Waals surface area (Å²) in [5, 5.41) is 25.2. The predicted molar refractivity (Wildman–Crippen MR) is 92.3 cm³/mol. The number of rotatable bonds is 9. The Labute approximate surface area is 143 Å². The van der Waals surface area contributed by atoms with E-state index in [4.69, 9.17) is 0 Å². The summed E-state index contributed by atoms with van der Waals surface area (Å²) in [4.78, 5) is 24.0. The Hall–Kier alpha value is -1.92. The van der Waals surface area contributed by atoms with Crippen molar-refractivity contribution in [2.75, 3.05) is 20.2 Å². The van der Waals surface area contributed by atoms with E-state index in [2.05, 4.69) is 10.6 Å². The van der Waals surface area contributed by atoms with Gasteiger partial charge in [-0.25, -0.2) is 0 Å². The smallest absolute Gasteiger partial charge is 0.252 e. The molecule has 0 heterocycles. The second-order valence-electron chi connectivity index (χ2n) is 6.86. The van der Waals surface area contributed by atoms with Crippen LogP contribution in [-0.2, 0) is 16.0 Å². The summed E-state index contributed by atoms with van der Waals surface area (Å²) in [5.41, 5.74) is -1.31. The molecule has 0 saturated heterocycles. The lowest BCUT2D eigenvalue weighted by atomic mass is 9.87. The summed E-state index contributed by atoms with van der Waals surface area (Å²) in [6, 6.07) is 9.17. The molecular formula is C18H28N2O4. The molecule has 6 heteroatoms. The molecule has 0 aliphatic rings. The zero-order valence-electron chi connectivity index (χ0n) is 14.6. The van der Waals surface area contributed by atoms with E-state index in [1.54, 1.807) is 7.05 Å². The van der Waals surface area contributed by atoms with Crippen LogP contribution in [0, 0.1) is 5.41 Å². The molecule has 0 unspecified atom stereocenters. The van der Waals surface area contributed by atoms with E-state index < -0.39 is 16.9 Å². The summed E-state index contributed by atoms with van der Waals surface area (Å²) in [6.07, 6.45) is 0.334. The number of nitrogens with one attached hydrogen (secondary N) is 2. The summed E-state index contributed by atoms with van der Waals surface area (Å²) in [5.74, 6) is -0.644. The van der Waals surface area contributed by atoms with Crippen LogP contribution >= 0.6 is 0 Å². The van der Waals surface area contributed by atoms with Gasteiger partial charge < -0.3 is 20.8 Å². The van der Waals surface area contributed by atoms with E-state index in [-0.39, 0.29) is 38.3 Å². The Balaban J connectivity index is 2.74. The molecule has 1 aromatic carbocycles. The fraction of sp³-hybridized carbons (Fsp3) is 0.556. The van der Waals surface area contributed by atoms with Gasteiger partial charge in [-0.1, -0.05) is 44.2 Å². The van der Waals surface area contributed by atoms with Crippen molar-refractivity contribution >= 4 is 11.8 Å². The molecule has 2 amide bonds. The van der Waals surface area contributed by atoms with Crippen molar-refractivity contribution in [1.29, 1.82) is 0 Å². The summed E-state index contributed by atoms with van der Waals surface area (Å²) < 4.78 is 0. The van der Waals surface area contributed by atoms with E-state index >= 15 is 0 Å². The largest absolute Gasteiger partial charge is 0.396 e. The molecule has 1 aromatic rings. The standard InChI is InChI=1S/C18H28N2O4/c1-17(2,12-15(22)19-3)13-20-16(23)18(24,9-10-21)11-14-7-5-4-6-8-14/h4-8,21,24H,9-13H2,1-3H3,(H,19,22)(H,20,23)/t18-/m1/s1. The zero-order chi connectivity index (χ0) is 18.2. The van der Waals surface area contributed by atoms with Gasteiger partial charge in [0.1, 0.15) is 5.60 Å². The minimum Gasteiger partial charge on any atom is -0.396 e. The number of aliphatic hydroxyl groups excluding tert-OH is 1. The third kappa shape index (κ3) is 6.29. The highest BCUT2D eigenvalue weighted by atomic mass is 16.3. The van der Waals surface area contributed by atoms with Gasteiger partial charge in [0.25, 0.3) is 5.91 Å². The van der Waals surface area contributed by atoms with Crippen LogP contribution in [0.25, 0.3) is 0 Å². The zero-order valence-corrected chi connectivity index (χ0v) is 14.6. The van der Waals surface area contributed by atoms with E-state index in [0.29, 0.717) is 0 Å². The van der Waals surface area contributed by atoms with Crippen LogP contribution in [0.3, 0.4) is 0 Å². The van der Waals surface area contributed by atoms with E-state index in [0.717, 1.165) is 5.56 Å². The van der Waals surface area contributed by atoms with Crippen molar-refractivity contribution in [2.45, 2.75) is 38.7 Å².